The third-order valence-corrected chi connectivity index (χ3v) is 6.26. The molecule has 37 heavy (non-hydrogen) atoms. The monoisotopic (exact) mass is 543 g/mol. The lowest BCUT2D eigenvalue weighted by Crippen LogP contribution is -2.32. The fraction of sp³-hybridized carbons (Fsp3) is 0. The summed E-state index contributed by atoms with van der Waals surface area (Å²) < 4.78 is 5.95. The zero-order valence-electron chi connectivity index (χ0n) is 19.2. The van der Waals surface area contributed by atoms with E-state index in [0.29, 0.717) is 38.3 Å². The Labute approximate surface area is 228 Å². The van der Waals surface area contributed by atoms with Crippen molar-refractivity contribution in [2.75, 3.05) is 5.32 Å². The van der Waals surface area contributed by atoms with E-state index in [-0.39, 0.29) is 5.11 Å². The van der Waals surface area contributed by atoms with Crippen molar-refractivity contribution in [1.82, 2.24) is 10.3 Å². The predicted molar refractivity (Wildman–Crippen MR) is 155 cm³/mol. The second-order valence-corrected chi connectivity index (χ2v) is 9.34. The molecule has 0 aliphatic carbocycles. The van der Waals surface area contributed by atoms with Gasteiger partial charge in [0.1, 0.15) is 5.52 Å². The summed E-state index contributed by atoms with van der Waals surface area (Å²) in [6, 6.07) is 28.7. The van der Waals surface area contributed by atoms with Crippen LogP contribution in [0.1, 0.15) is 5.56 Å². The van der Waals surface area contributed by atoms with E-state index in [2.05, 4.69) is 27.8 Å². The van der Waals surface area contributed by atoms with E-state index >= 15 is 0 Å². The number of hydrogen-bond donors (Lipinski definition) is 2. The van der Waals surface area contributed by atoms with Crippen LogP contribution in [0.3, 0.4) is 0 Å². The van der Waals surface area contributed by atoms with Gasteiger partial charge < -0.3 is 9.73 Å². The minimum atomic E-state index is -0.396. The van der Waals surface area contributed by atoms with E-state index in [9.17, 15) is 4.79 Å². The highest BCUT2D eigenvalue weighted by Crippen LogP contribution is 2.28. The van der Waals surface area contributed by atoms with Crippen molar-refractivity contribution in [2.45, 2.75) is 0 Å². The van der Waals surface area contributed by atoms with Crippen LogP contribution in [0.2, 0.25) is 10.0 Å². The number of rotatable bonds is 5. The molecule has 5 nitrogen and oxygen atoms in total. The Morgan fingerprint density at radius 1 is 0.865 bits per heavy atom. The lowest BCUT2D eigenvalue weighted by Gasteiger charge is -2.07. The van der Waals surface area contributed by atoms with E-state index in [1.807, 2.05) is 48.5 Å². The van der Waals surface area contributed by atoms with Crippen LogP contribution in [-0.2, 0) is 4.79 Å². The Balaban J connectivity index is 1.24. The van der Waals surface area contributed by atoms with E-state index in [0.717, 1.165) is 16.7 Å². The van der Waals surface area contributed by atoms with Crippen molar-refractivity contribution in [3.8, 4) is 22.6 Å². The number of carbonyl (C=O) groups is 1. The summed E-state index contributed by atoms with van der Waals surface area (Å²) in [5.41, 5.74) is 5.79. The maximum atomic E-state index is 12.3. The topological polar surface area (TPSA) is 67.2 Å². The van der Waals surface area contributed by atoms with Crippen molar-refractivity contribution in [1.29, 1.82) is 0 Å². The number of benzene rings is 4. The summed E-state index contributed by atoms with van der Waals surface area (Å²) in [4.78, 5) is 16.9. The fourth-order valence-electron chi connectivity index (χ4n) is 3.68. The molecule has 0 unspecified atom stereocenters. The number of nitrogens with one attached hydrogen (secondary N) is 2. The normalized spacial score (nSPS) is 11.1. The third kappa shape index (κ3) is 6.06. The average Bonchev–Trinajstić information content (AvgIpc) is 3.32. The SMILES string of the molecule is O=C(/C=C/c1ccc(Cl)cc1Cl)NC(=S)Nc1ccc2oc(-c3ccc(-c4ccccc4)cc3)nc2c1. The highest BCUT2D eigenvalue weighted by atomic mass is 35.5. The van der Waals surface area contributed by atoms with Crippen molar-refractivity contribution < 1.29 is 9.21 Å². The van der Waals surface area contributed by atoms with Crippen molar-refractivity contribution in [2.24, 2.45) is 0 Å². The van der Waals surface area contributed by atoms with Crippen LogP contribution in [-0.4, -0.2) is 16.0 Å². The lowest BCUT2D eigenvalue weighted by molar-refractivity contribution is -0.115. The van der Waals surface area contributed by atoms with Crippen molar-refractivity contribution >= 4 is 69.3 Å². The first-order valence-electron chi connectivity index (χ1n) is 11.3. The second-order valence-electron chi connectivity index (χ2n) is 8.09. The molecule has 5 rings (SSSR count). The summed E-state index contributed by atoms with van der Waals surface area (Å²) in [6.45, 7) is 0. The Kier molecular flexibility index (Phi) is 7.32. The van der Waals surface area contributed by atoms with Crippen LogP contribution in [0.4, 0.5) is 5.69 Å². The number of thiocarbonyl (C=S) groups is 1. The maximum absolute atomic E-state index is 12.3. The van der Waals surface area contributed by atoms with Crippen LogP contribution >= 0.6 is 35.4 Å². The first-order valence-corrected chi connectivity index (χ1v) is 12.4. The highest BCUT2D eigenvalue weighted by molar-refractivity contribution is 7.80. The quantitative estimate of drug-likeness (QED) is 0.173. The number of anilines is 1. The Bertz CT molecular complexity index is 1630. The molecule has 2 N–H and O–H groups in total. The van der Waals surface area contributed by atoms with Crippen LogP contribution < -0.4 is 10.6 Å². The minimum Gasteiger partial charge on any atom is -0.436 e. The molecular weight excluding hydrogens is 525 g/mol. The largest absolute Gasteiger partial charge is 0.436 e. The molecule has 5 aromatic rings. The van der Waals surface area contributed by atoms with Gasteiger partial charge in [0, 0.05) is 27.4 Å². The minimum absolute atomic E-state index is 0.149. The van der Waals surface area contributed by atoms with E-state index < -0.39 is 5.91 Å². The van der Waals surface area contributed by atoms with Gasteiger partial charge in [0.05, 0.1) is 0 Å². The number of hydrogen-bond acceptors (Lipinski definition) is 4. The molecular formula is C29H19Cl2N3O2S. The Morgan fingerprint density at radius 2 is 1.59 bits per heavy atom. The van der Waals surface area contributed by atoms with Gasteiger partial charge in [-0.1, -0.05) is 71.7 Å². The molecule has 0 saturated heterocycles. The van der Waals surface area contributed by atoms with Gasteiger partial charge in [0.2, 0.25) is 11.8 Å². The molecule has 1 heterocycles. The summed E-state index contributed by atoms with van der Waals surface area (Å²) in [5, 5.41) is 6.73. The molecule has 1 amide bonds. The Hall–Kier alpha value is -3.97. The summed E-state index contributed by atoms with van der Waals surface area (Å²) in [7, 11) is 0. The van der Waals surface area contributed by atoms with E-state index in [4.69, 9.17) is 39.8 Å². The van der Waals surface area contributed by atoms with Crippen molar-refractivity contribution in [3.63, 3.8) is 0 Å². The van der Waals surface area contributed by atoms with Crippen molar-refractivity contribution in [3.05, 3.63) is 113 Å². The van der Waals surface area contributed by atoms with Gasteiger partial charge in [-0.05, 0) is 77.4 Å². The maximum Gasteiger partial charge on any atom is 0.250 e. The molecule has 0 atom stereocenters. The average molecular weight is 544 g/mol. The number of halogens is 2. The first kappa shape index (κ1) is 24.7. The van der Waals surface area contributed by atoms with Gasteiger partial charge in [-0.3, -0.25) is 10.1 Å². The molecule has 0 fully saturated rings. The number of carbonyl (C=O) groups excluding carboxylic acids is 1. The van der Waals surface area contributed by atoms with Gasteiger partial charge in [0.25, 0.3) is 0 Å². The zero-order chi connectivity index (χ0) is 25.8. The Morgan fingerprint density at radius 3 is 2.35 bits per heavy atom. The summed E-state index contributed by atoms with van der Waals surface area (Å²) in [5.74, 6) is 0.126. The molecule has 0 aliphatic rings. The molecule has 1 aromatic heterocycles. The standard InChI is InChI=1S/C29H19Cl2N3O2S/c30-22-12-10-20(24(31)16-22)11-15-27(35)34-29(37)32-23-13-14-26-25(17-23)33-28(36-26)21-8-6-19(7-9-21)18-4-2-1-3-5-18/h1-17H,(H2,32,34,35,37)/b15-11+. The van der Waals surface area contributed by atoms with Gasteiger partial charge in [-0.2, -0.15) is 0 Å². The lowest BCUT2D eigenvalue weighted by atomic mass is 10.0. The molecule has 0 radical (unpaired) electrons. The number of oxazole rings is 1. The predicted octanol–water partition coefficient (Wildman–Crippen LogP) is 8.00. The van der Waals surface area contributed by atoms with Crippen LogP contribution in [0.15, 0.2) is 101 Å². The third-order valence-electron chi connectivity index (χ3n) is 5.50. The fourth-order valence-corrected chi connectivity index (χ4v) is 4.37. The first-order chi connectivity index (χ1) is 17.9. The molecule has 4 aromatic carbocycles. The molecule has 8 heteroatoms. The number of aromatic nitrogens is 1. The smallest absolute Gasteiger partial charge is 0.250 e. The van der Waals surface area contributed by atoms with Crippen LogP contribution in [0.25, 0.3) is 39.8 Å². The molecule has 182 valence electrons. The number of nitrogens with zero attached hydrogens (tertiary/aromatic N) is 1. The second kappa shape index (κ2) is 11.0. The molecule has 0 spiro atoms. The molecule has 0 saturated carbocycles. The number of amides is 1. The highest BCUT2D eigenvalue weighted by Gasteiger charge is 2.10. The van der Waals surface area contributed by atoms with Gasteiger partial charge in [-0.15, -0.1) is 0 Å². The number of fused-ring (bicyclic) bond motifs is 1. The molecule has 0 bridgehead atoms. The summed E-state index contributed by atoms with van der Waals surface area (Å²) in [6.07, 6.45) is 2.94. The van der Waals surface area contributed by atoms with Gasteiger partial charge in [0.15, 0.2) is 10.7 Å². The van der Waals surface area contributed by atoms with Gasteiger partial charge in [-0.25, -0.2) is 4.98 Å². The van der Waals surface area contributed by atoms with E-state index in [1.54, 1.807) is 36.4 Å². The van der Waals surface area contributed by atoms with Crippen LogP contribution in [0.5, 0.6) is 0 Å². The van der Waals surface area contributed by atoms with E-state index in [1.165, 1.54) is 6.08 Å². The molecule has 0 aliphatic heterocycles. The van der Waals surface area contributed by atoms with Gasteiger partial charge >= 0.3 is 0 Å². The zero-order valence-corrected chi connectivity index (χ0v) is 21.6. The summed E-state index contributed by atoms with van der Waals surface area (Å²) >= 11 is 17.3. The van der Waals surface area contributed by atoms with Crippen LogP contribution in [0, 0.1) is 0 Å².